The number of nitriles is 1. The predicted molar refractivity (Wildman–Crippen MR) is 46.7 cm³/mol. The average molecular weight is 168 g/mol. The van der Waals surface area contributed by atoms with Crippen molar-refractivity contribution in [3.05, 3.63) is 0 Å². The maximum absolute atomic E-state index is 8.31. The standard InChI is InChI=1S/C9H16N2O/c10-5-1-2-6-11-9-3-7-12-8-4-9/h9,11H,1-4,6-8H2. The Morgan fingerprint density at radius 3 is 2.83 bits per heavy atom. The molecule has 1 fully saturated rings. The first-order chi connectivity index (χ1) is 5.93. The highest BCUT2D eigenvalue weighted by Crippen LogP contribution is 2.05. The third-order valence-electron chi connectivity index (χ3n) is 2.12. The van der Waals surface area contributed by atoms with Crippen molar-refractivity contribution in [3.63, 3.8) is 0 Å². The van der Waals surface area contributed by atoms with E-state index in [9.17, 15) is 0 Å². The van der Waals surface area contributed by atoms with Gasteiger partial charge in [0.15, 0.2) is 0 Å². The van der Waals surface area contributed by atoms with Crippen molar-refractivity contribution < 1.29 is 4.74 Å². The minimum Gasteiger partial charge on any atom is -0.381 e. The fraction of sp³-hybridized carbons (Fsp3) is 0.889. The predicted octanol–water partition coefficient (Wildman–Crippen LogP) is 1.06. The molecule has 1 aliphatic heterocycles. The number of hydrogen-bond acceptors (Lipinski definition) is 3. The largest absolute Gasteiger partial charge is 0.381 e. The highest BCUT2D eigenvalue weighted by atomic mass is 16.5. The number of nitrogens with one attached hydrogen (secondary N) is 1. The van der Waals surface area contributed by atoms with Gasteiger partial charge in [0.1, 0.15) is 0 Å². The van der Waals surface area contributed by atoms with Gasteiger partial charge in [-0.05, 0) is 25.8 Å². The third-order valence-corrected chi connectivity index (χ3v) is 2.12. The summed E-state index contributed by atoms with van der Waals surface area (Å²) >= 11 is 0. The first kappa shape index (κ1) is 9.50. The van der Waals surface area contributed by atoms with Crippen molar-refractivity contribution in [1.29, 1.82) is 5.26 Å². The Bertz CT molecular complexity index is 147. The molecule has 0 atom stereocenters. The molecule has 0 amide bonds. The first-order valence-electron chi connectivity index (χ1n) is 4.61. The van der Waals surface area contributed by atoms with Crippen LogP contribution in [-0.2, 0) is 4.74 Å². The van der Waals surface area contributed by atoms with Crippen LogP contribution in [0.15, 0.2) is 0 Å². The lowest BCUT2D eigenvalue weighted by Crippen LogP contribution is -2.35. The van der Waals surface area contributed by atoms with Crippen LogP contribution in [0.25, 0.3) is 0 Å². The molecular formula is C9H16N2O. The van der Waals surface area contributed by atoms with E-state index in [1.54, 1.807) is 0 Å². The van der Waals surface area contributed by atoms with Gasteiger partial charge in [-0.15, -0.1) is 0 Å². The van der Waals surface area contributed by atoms with Gasteiger partial charge in [-0.25, -0.2) is 0 Å². The van der Waals surface area contributed by atoms with Crippen LogP contribution in [-0.4, -0.2) is 25.8 Å². The van der Waals surface area contributed by atoms with E-state index in [-0.39, 0.29) is 0 Å². The van der Waals surface area contributed by atoms with Gasteiger partial charge in [0.25, 0.3) is 0 Å². The van der Waals surface area contributed by atoms with Gasteiger partial charge in [-0.1, -0.05) is 0 Å². The molecule has 0 aromatic carbocycles. The Balaban J connectivity index is 1.95. The van der Waals surface area contributed by atoms with Crippen LogP contribution in [0.4, 0.5) is 0 Å². The molecule has 3 heteroatoms. The summed E-state index contributed by atoms with van der Waals surface area (Å²) < 4.78 is 5.23. The summed E-state index contributed by atoms with van der Waals surface area (Å²) in [6.45, 7) is 2.74. The van der Waals surface area contributed by atoms with Gasteiger partial charge in [-0.3, -0.25) is 0 Å². The molecule has 0 aromatic heterocycles. The third kappa shape index (κ3) is 3.70. The Kier molecular flexibility index (Phi) is 4.74. The maximum Gasteiger partial charge on any atom is 0.0622 e. The summed E-state index contributed by atoms with van der Waals surface area (Å²) in [6, 6.07) is 2.76. The van der Waals surface area contributed by atoms with E-state index < -0.39 is 0 Å². The van der Waals surface area contributed by atoms with Crippen LogP contribution in [0.5, 0.6) is 0 Å². The second kappa shape index (κ2) is 5.99. The van der Waals surface area contributed by atoms with Crippen LogP contribution in [0, 0.1) is 11.3 Å². The number of hydrogen-bond donors (Lipinski definition) is 1. The summed E-state index contributed by atoms with van der Waals surface area (Å²) in [5.74, 6) is 0. The van der Waals surface area contributed by atoms with E-state index in [1.807, 2.05) is 0 Å². The summed E-state index contributed by atoms with van der Waals surface area (Å²) in [7, 11) is 0. The Hall–Kier alpha value is -0.590. The second-order valence-electron chi connectivity index (χ2n) is 3.10. The highest BCUT2D eigenvalue weighted by molar-refractivity contribution is 4.73. The molecule has 0 spiro atoms. The lowest BCUT2D eigenvalue weighted by Gasteiger charge is -2.22. The molecule has 0 bridgehead atoms. The minimum atomic E-state index is 0.623. The minimum absolute atomic E-state index is 0.623. The van der Waals surface area contributed by atoms with Gasteiger partial charge in [0.05, 0.1) is 6.07 Å². The summed E-state index contributed by atoms with van der Waals surface area (Å²) in [6.07, 6.45) is 3.86. The topological polar surface area (TPSA) is 45.0 Å². The molecule has 0 aromatic rings. The molecule has 0 unspecified atom stereocenters. The molecule has 1 N–H and O–H groups in total. The van der Waals surface area contributed by atoms with Crippen molar-refractivity contribution in [1.82, 2.24) is 5.32 Å². The monoisotopic (exact) mass is 168 g/mol. The smallest absolute Gasteiger partial charge is 0.0622 e. The van der Waals surface area contributed by atoms with Crippen LogP contribution in [0.1, 0.15) is 25.7 Å². The molecule has 12 heavy (non-hydrogen) atoms. The summed E-state index contributed by atoms with van der Waals surface area (Å²) in [5, 5.41) is 11.7. The van der Waals surface area contributed by atoms with Crippen molar-refractivity contribution >= 4 is 0 Å². The molecule has 0 saturated carbocycles. The van der Waals surface area contributed by atoms with E-state index in [2.05, 4.69) is 11.4 Å². The zero-order valence-corrected chi connectivity index (χ0v) is 7.38. The molecular weight excluding hydrogens is 152 g/mol. The van der Waals surface area contributed by atoms with Gasteiger partial charge < -0.3 is 10.1 Å². The molecule has 3 nitrogen and oxygen atoms in total. The van der Waals surface area contributed by atoms with Gasteiger partial charge >= 0.3 is 0 Å². The Labute approximate surface area is 73.7 Å². The molecule has 0 aliphatic carbocycles. The number of ether oxygens (including phenoxy) is 1. The molecule has 1 aliphatic rings. The molecule has 1 heterocycles. The van der Waals surface area contributed by atoms with Gasteiger partial charge in [0.2, 0.25) is 0 Å². The molecule has 68 valence electrons. The quantitative estimate of drug-likeness (QED) is 0.638. The molecule has 1 rings (SSSR count). The van der Waals surface area contributed by atoms with E-state index in [1.165, 1.54) is 0 Å². The number of rotatable bonds is 4. The van der Waals surface area contributed by atoms with Gasteiger partial charge in [0, 0.05) is 25.7 Å². The number of unbranched alkanes of at least 4 members (excludes halogenated alkanes) is 1. The molecule has 1 saturated heterocycles. The SMILES string of the molecule is N#CCCCNC1CCOCC1. The zero-order valence-electron chi connectivity index (χ0n) is 7.38. The van der Waals surface area contributed by atoms with Crippen molar-refractivity contribution in [3.8, 4) is 6.07 Å². The van der Waals surface area contributed by atoms with Crippen molar-refractivity contribution in [2.45, 2.75) is 31.7 Å². The Morgan fingerprint density at radius 1 is 1.42 bits per heavy atom. The second-order valence-corrected chi connectivity index (χ2v) is 3.10. The van der Waals surface area contributed by atoms with E-state index >= 15 is 0 Å². The van der Waals surface area contributed by atoms with Crippen LogP contribution in [0.3, 0.4) is 0 Å². The first-order valence-corrected chi connectivity index (χ1v) is 4.61. The molecule has 0 radical (unpaired) electrons. The fourth-order valence-electron chi connectivity index (χ4n) is 1.38. The van der Waals surface area contributed by atoms with E-state index in [4.69, 9.17) is 10.00 Å². The fourth-order valence-corrected chi connectivity index (χ4v) is 1.38. The number of nitrogens with zero attached hydrogens (tertiary/aromatic N) is 1. The van der Waals surface area contributed by atoms with Crippen LogP contribution < -0.4 is 5.32 Å². The van der Waals surface area contributed by atoms with Crippen LogP contribution >= 0.6 is 0 Å². The van der Waals surface area contributed by atoms with E-state index in [0.29, 0.717) is 12.5 Å². The summed E-state index contributed by atoms with van der Waals surface area (Å²) in [4.78, 5) is 0. The van der Waals surface area contributed by atoms with Crippen molar-refractivity contribution in [2.24, 2.45) is 0 Å². The van der Waals surface area contributed by atoms with Gasteiger partial charge in [-0.2, -0.15) is 5.26 Å². The van der Waals surface area contributed by atoms with E-state index in [0.717, 1.165) is 39.0 Å². The summed E-state index contributed by atoms with van der Waals surface area (Å²) in [5.41, 5.74) is 0. The maximum atomic E-state index is 8.31. The lowest BCUT2D eigenvalue weighted by atomic mass is 10.1. The lowest BCUT2D eigenvalue weighted by molar-refractivity contribution is 0.0780. The van der Waals surface area contributed by atoms with Crippen LogP contribution in [0.2, 0.25) is 0 Å². The van der Waals surface area contributed by atoms with Crippen molar-refractivity contribution in [2.75, 3.05) is 19.8 Å². The zero-order chi connectivity index (χ0) is 8.65. The normalized spacial score (nSPS) is 18.9. The highest BCUT2D eigenvalue weighted by Gasteiger charge is 2.11. The Morgan fingerprint density at radius 2 is 2.17 bits per heavy atom. The average Bonchev–Trinajstić information content (AvgIpc) is 2.14.